The Balaban J connectivity index is 1.31. The van der Waals surface area contributed by atoms with Gasteiger partial charge in [0.1, 0.15) is 29.8 Å². The van der Waals surface area contributed by atoms with Gasteiger partial charge in [0.05, 0.1) is 12.2 Å². The topological polar surface area (TPSA) is 173 Å². The van der Waals surface area contributed by atoms with Crippen LogP contribution in [-0.4, -0.2) is 82.1 Å². The number of rotatable bonds is 5. The summed E-state index contributed by atoms with van der Waals surface area (Å²) in [5.41, 5.74) is -0.271. The van der Waals surface area contributed by atoms with Crippen LogP contribution >= 0.6 is 0 Å². The first-order chi connectivity index (χ1) is 22.3. The highest BCUT2D eigenvalue weighted by Crippen LogP contribution is 2.42. The number of hydrogen-bond acceptors (Lipinski definition) is 9. The third-order valence-electron chi connectivity index (χ3n) is 8.32. The molecule has 0 bridgehead atoms. The normalized spacial score (nSPS) is 18.7. The zero-order valence-electron chi connectivity index (χ0n) is 26.4. The second kappa shape index (κ2) is 12.2. The fourth-order valence-corrected chi connectivity index (χ4v) is 5.81. The van der Waals surface area contributed by atoms with Crippen molar-refractivity contribution in [2.45, 2.75) is 58.7 Å². The van der Waals surface area contributed by atoms with Crippen LogP contribution < -0.4 is 20.3 Å². The van der Waals surface area contributed by atoms with E-state index in [9.17, 15) is 24.3 Å². The maximum absolute atomic E-state index is 16.4. The van der Waals surface area contributed by atoms with E-state index in [0.29, 0.717) is 23.8 Å². The molecule has 2 aliphatic heterocycles. The summed E-state index contributed by atoms with van der Waals surface area (Å²) in [4.78, 5) is 61.3. The number of carbonyl (C=O) groups is 4. The summed E-state index contributed by atoms with van der Waals surface area (Å²) >= 11 is 0. The number of pyridine rings is 2. The number of ether oxygens (including phenoxy) is 3. The summed E-state index contributed by atoms with van der Waals surface area (Å²) in [6, 6.07) is 2.98. The van der Waals surface area contributed by atoms with Gasteiger partial charge in [-0.05, 0) is 70.0 Å². The van der Waals surface area contributed by atoms with Crippen LogP contribution in [0.2, 0.25) is 0 Å². The monoisotopic (exact) mass is 650 g/mol. The fraction of sp³-hybridized carbons (Fsp3) is 0.438. The number of halogens is 1. The second-order valence-corrected chi connectivity index (χ2v) is 12.8. The molecule has 1 aliphatic carbocycles. The van der Waals surface area contributed by atoms with Gasteiger partial charge in [-0.1, -0.05) is 0 Å². The van der Waals surface area contributed by atoms with E-state index >= 15 is 4.39 Å². The molecule has 4 amide bonds. The van der Waals surface area contributed by atoms with E-state index in [1.165, 1.54) is 24.5 Å². The van der Waals surface area contributed by atoms with Crippen LogP contribution in [0.5, 0.6) is 5.88 Å². The molecule has 4 heterocycles. The minimum atomic E-state index is -1.21. The van der Waals surface area contributed by atoms with Crippen molar-refractivity contribution in [2.24, 2.45) is 5.92 Å². The molecule has 0 radical (unpaired) electrons. The predicted octanol–water partition coefficient (Wildman–Crippen LogP) is 5.53. The molecule has 47 heavy (non-hydrogen) atoms. The summed E-state index contributed by atoms with van der Waals surface area (Å²) in [6.45, 7) is 8.35. The largest absolute Gasteiger partial charge is 0.474 e. The Morgan fingerprint density at radius 3 is 2.43 bits per heavy atom. The highest BCUT2D eigenvalue weighted by Gasteiger charge is 2.40. The van der Waals surface area contributed by atoms with Crippen LogP contribution in [0.15, 0.2) is 24.5 Å². The summed E-state index contributed by atoms with van der Waals surface area (Å²) in [5.74, 6) is -0.682. The van der Waals surface area contributed by atoms with E-state index < -0.39 is 35.8 Å². The van der Waals surface area contributed by atoms with E-state index in [0.717, 1.165) is 24.4 Å². The Morgan fingerprint density at radius 2 is 1.77 bits per heavy atom. The van der Waals surface area contributed by atoms with Gasteiger partial charge in [0.15, 0.2) is 5.82 Å². The first kappa shape index (κ1) is 31.8. The Bertz CT molecular complexity index is 1780. The van der Waals surface area contributed by atoms with E-state index in [1.807, 2.05) is 0 Å². The minimum Gasteiger partial charge on any atom is -0.474 e. The van der Waals surface area contributed by atoms with Crippen molar-refractivity contribution in [3.8, 4) is 17.0 Å². The average Bonchev–Trinajstić information content (AvgIpc) is 2.94. The number of nitrogens with zero attached hydrogens (tertiary/aromatic N) is 4. The quantitative estimate of drug-likeness (QED) is 0.319. The second-order valence-electron chi connectivity index (χ2n) is 12.8. The maximum Gasteiger partial charge on any atom is 0.413 e. The van der Waals surface area contributed by atoms with Crippen molar-refractivity contribution in [1.82, 2.24) is 14.9 Å². The molecular formula is C32H35FN6O8. The van der Waals surface area contributed by atoms with Gasteiger partial charge in [0, 0.05) is 47.9 Å². The number of carbonyl (C=O) groups excluding carboxylic acids is 3. The van der Waals surface area contributed by atoms with Crippen molar-refractivity contribution in [3.05, 3.63) is 35.9 Å². The molecule has 2 aromatic heterocycles. The number of likely N-dealkylation sites (tertiary alicyclic amines) is 1. The number of carboxylic acid groups (broad SMARTS) is 1. The molecule has 0 atom stereocenters. The number of benzene rings is 1. The summed E-state index contributed by atoms with van der Waals surface area (Å²) in [6.07, 6.45) is 1.32. The van der Waals surface area contributed by atoms with Crippen molar-refractivity contribution in [3.63, 3.8) is 0 Å². The molecule has 3 aliphatic rings. The van der Waals surface area contributed by atoms with Crippen LogP contribution in [0, 0.1) is 18.7 Å². The Kier molecular flexibility index (Phi) is 8.24. The molecule has 1 saturated carbocycles. The first-order valence-corrected chi connectivity index (χ1v) is 15.3. The van der Waals surface area contributed by atoms with Crippen LogP contribution in [0.1, 0.15) is 45.6 Å². The van der Waals surface area contributed by atoms with E-state index in [-0.39, 0.29) is 64.6 Å². The maximum atomic E-state index is 16.4. The number of fused-ring (bicyclic) bond motifs is 2. The van der Waals surface area contributed by atoms with Crippen molar-refractivity contribution < 1.29 is 42.9 Å². The van der Waals surface area contributed by atoms with E-state index in [4.69, 9.17) is 14.2 Å². The smallest absolute Gasteiger partial charge is 0.413 e. The highest BCUT2D eigenvalue weighted by molar-refractivity contribution is 6.05. The van der Waals surface area contributed by atoms with E-state index in [2.05, 4.69) is 20.6 Å². The standard InChI is InChI=1S/C32H35FN6O8/c1-16-21(14-35-27-26(16)39(31(43)44)8-9-45-27)20-12-17-13-23(34-15-22(17)25(24(20)33)37-30(42)47-32(2,3)4)36-29(41)46-19-10-18(11-19)28(40)38-6-5-7-38/h12-15,18-19H,5-11H2,1-4H3,(H,37,42)(H,43,44)(H,34,36,41). The van der Waals surface area contributed by atoms with Crippen LogP contribution in [0.4, 0.5) is 36.0 Å². The number of aromatic nitrogens is 2. The Morgan fingerprint density at radius 1 is 1.02 bits per heavy atom. The van der Waals surface area contributed by atoms with Gasteiger partial charge < -0.3 is 24.2 Å². The number of hydrogen-bond donors (Lipinski definition) is 3. The first-order valence-electron chi connectivity index (χ1n) is 15.3. The van der Waals surface area contributed by atoms with Crippen molar-refractivity contribution >= 4 is 52.2 Å². The predicted molar refractivity (Wildman–Crippen MR) is 168 cm³/mol. The average molecular weight is 651 g/mol. The molecule has 248 valence electrons. The van der Waals surface area contributed by atoms with Gasteiger partial charge in [0.2, 0.25) is 11.8 Å². The fourth-order valence-electron chi connectivity index (χ4n) is 5.81. The third kappa shape index (κ3) is 6.42. The van der Waals surface area contributed by atoms with Crippen molar-refractivity contribution in [1.29, 1.82) is 0 Å². The lowest BCUT2D eigenvalue weighted by molar-refractivity contribution is -0.145. The third-order valence-corrected chi connectivity index (χ3v) is 8.32. The van der Waals surface area contributed by atoms with Gasteiger partial charge in [0.25, 0.3) is 0 Å². The van der Waals surface area contributed by atoms with Crippen LogP contribution in [0.25, 0.3) is 21.9 Å². The number of nitrogens with one attached hydrogen (secondary N) is 2. The molecule has 15 heteroatoms. The molecule has 14 nitrogen and oxygen atoms in total. The molecule has 1 aromatic carbocycles. The van der Waals surface area contributed by atoms with Crippen LogP contribution in [-0.2, 0) is 14.3 Å². The number of anilines is 3. The van der Waals surface area contributed by atoms with Crippen LogP contribution in [0.3, 0.4) is 0 Å². The van der Waals surface area contributed by atoms with Gasteiger partial charge in [-0.2, -0.15) is 0 Å². The molecule has 6 rings (SSSR count). The summed E-state index contributed by atoms with van der Waals surface area (Å²) < 4.78 is 32.8. The molecule has 2 fully saturated rings. The van der Waals surface area contributed by atoms with Gasteiger partial charge in [-0.15, -0.1) is 0 Å². The Hall–Kier alpha value is -5.21. The van der Waals surface area contributed by atoms with Gasteiger partial charge >= 0.3 is 18.3 Å². The lowest BCUT2D eigenvalue weighted by Gasteiger charge is -2.40. The van der Waals surface area contributed by atoms with E-state index in [1.54, 1.807) is 32.6 Å². The van der Waals surface area contributed by atoms with Crippen molar-refractivity contribution in [2.75, 3.05) is 41.8 Å². The lowest BCUT2D eigenvalue weighted by Crippen LogP contribution is -2.50. The molecule has 3 aromatic rings. The minimum absolute atomic E-state index is 0.000577. The molecule has 0 spiro atoms. The molecule has 1 saturated heterocycles. The molecular weight excluding hydrogens is 615 g/mol. The lowest BCUT2D eigenvalue weighted by atomic mass is 9.81. The SMILES string of the molecule is Cc1c(-c2cc3cc(NC(=O)OC4CC(C(=O)N5CCC5)C4)ncc3c(NC(=O)OC(C)(C)C)c2F)cnc2c1N(C(=O)O)CCO2. The Labute approximate surface area is 269 Å². The summed E-state index contributed by atoms with van der Waals surface area (Å²) in [7, 11) is 0. The van der Waals surface area contributed by atoms with Gasteiger partial charge in [-0.3, -0.25) is 20.3 Å². The number of amides is 4. The summed E-state index contributed by atoms with van der Waals surface area (Å²) in [5, 5.41) is 15.5. The zero-order chi connectivity index (χ0) is 33.6. The molecule has 0 unspecified atom stereocenters. The highest BCUT2D eigenvalue weighted by atomic mass is 19.1. The molecule has 3 N–H and O–H groups in total. The van der Waals surface area contributed by atoms with Gasteiger partial charge in [-0.25, -0.2) is 28.7 Å². The zero-order valence-corrected chi connectivity index (χ0v) is 26.4.